The first kappa shape index (κ1) is 19.7. The van der Waals surface area contributed by atoms with E-state index in [-0.39, 0.29) is 16.6 Å². The fourth-order valence-corrected chi connectivity index (χ4v) is 5.06. The second-order valence-electron chi connectivity index (χ2n) is 5.95. The molecule has 0 spiro atoms. The van der Waals surface area contributed by atoms with Crippen molar-refractivity contribution in [3.63, 3.8) is 0 Å². The van der Waals surface area contributed by atoms with Gasteiger partial charge in [-0.25, -0.2) is 23.5 Å². The summed E-state index contributed by atoms with van der Waals surface area (Å²) in [5.74, 6) is 0.638. The summed E-state index contributed by atoms with van der Waals surface area (Å²) in [5, 5.41) is 9.59. The van der Waals surface area contributed by atoms with Crippen LogP contribution >= 0.6 is 23.1 Å². The van der Waals surface area contributed by atoms with E-state index >= 15 is 0 Å². The lowest BCUT2D eigenvalue weighted by Gasteiger charge is -2.07. The minimum atomic E-state index is -3.75. The molecule has 0 atom stereocenters. The molecule has 1 amide bonds. The normalized spacial score (nSPS) is 11.7. The maximum atomic E-state index is 12.3. The number of anilines is 1. The van der Waals surface area contributed by atoms with Gasteiger partial charge >= 0.3 is 0 Å². The average Bonchev–Trinajstić information content (AvgIpc) is 2.86. The average molecular weight is 423 g/mol. The molecule has 10 heteroatoms. The molecule has 0 radical (unpaired) electrons. The Hall–Kier alpha value is -2.01. The van der Waals surface area contributed by atoms with Crippen LogP contribution in [0.2, 0.25) is 0 Å². The van der Waals surface area contributed by atoms with Crippen molar-refractivity contribution in [3.05, 3.63) is 40.5 Å². The maximum absolute atomic E-state index is 12.3. The minimum absolute atomic E-state index is 0.00275. The molecule has 27 heavy (non-hydrogen) atoms. The Morgan fingerprint density at radius 1 is 1.19 bits per heavy atom. The van der Waals surface area contributed by atoms with Gasteiger partial charge in [-0.2, -0.15) is 0 Å². The Labute approximate surface area is 165 Å². The van der Waals surface area contributed by atoms with E-state index in [0.717, 1.165) is 20.8 Å². The molecule has 0 aliphatic rings. The first-order valence-electron chi connectivity index (χ1n) is 7.95. The Morgan fingerprint density at radius 3 is 2.48 bits per heavy atom. The maximum Gasteiger partial charge on any atom is 0.238 e. The zero-order valence-electron chi connectivity index (χ0n) is 14.9. The molecule has 142 valence electrons. The number of rotatable bonds is 5. The van der Waals surface area contributed by atoms with Crippen LogP contribution in [0, 0.1) is 20.8 Å². The molecule has 7 nitrogen and oxygen atoms in total. The number of sulfonamides is 1. The minimum Gasteiger partial charge on any atom is -0.325 e. The molecule has 1 aromatic carbocycles. The topological polar surface area (TPSA) is 115 Å². The van der Waals surface area contributed by atoms with Gasteiger partial charge in [-0.05, 0) is 50.6 Å². The van der Waals surface area contributed by atoms with Gasteiger partial charge in [-0.3, -0.25) is 4.79 Å². The smallest absolute Gasteiger partial charge is 0.238 e. The van der Waals surface area contributed by atoms with Crippen LogP contribution in [0.4, 0.5) is 5.69 Å². The quantitative estimate of drug-likeness (QED) is 0.482. The number of carbonyl (C=O) groups is 1. The van der Waals surface area contributed by atoms with Crippen LogP contribution in [0.15, 0.2) is 34.2 Å². The Kier molecular flexibility index (Phi) is 5.52. The number of nitrogens with one attached hydrogen (secondary N) is 1. The SMILES string of the molecule is Cc1nc(SCC(=O)Nc2ccc(S(N)(=O)=O)cc2)c2c(C)c(C)sc2n1. The predicted molar refractivity (Wildman–Crippen MR) is 109 cm³/mol. The number of benzene rings is 1. The van der Waals surface area contributed by atoms with Crippen LogP contribution in [-0.2, 0) is 14.8 Å². The largest absolute Gasteiger partial charge is 0.325 e. The molecule has 2 heterocycles. The molecule has 0 saturated carbocycles. The molecule has 2 aromatic heterocycles. The van der Waals surface area contributed by atoms with Gasteiger partial charge in [-0.1, -0.05) is 11.8 Å². The third kappa shape index (κ3) is 4.46. The van der Waals surface area contributed by atoms with Gasteiger partial charge in [0, 0.05) is 16.0 Å². The summed E-state index contributed by atoms with van der Waals surface area (Å²) < 4.78 is 22.5. The molecule has 0 aliphatic carbocycles. The zero-order chi connectivity index (χ0) is 19.8. The number of aryl methyl sites for hydroxylation is 3. The van der Waals surface area contributed by atoms with E-state index in [1.165, 1.54) is 40.9 Å². The van der Waals surface area contributed by atoms with E-state index in [1.807, 2.05) is 20.8 Å². The molecule has 0 fully saturated rings. The van der Waals surface area contributed by atoms with E-state index in [0.29, 0.717) is 11.5 Å². The summed E-state index contributed by atoms with van der Waals surface area (Å²) in [6.07, 6.45) is 0. The molecular weight excluding hydrogens is 404 g/mol. The molecule has 3 rings (SSSR count). The molecule has 0 aliphatic heterocycles. The number of fused-ring (bicyclic) bond motifs is 1. The van der Waals surface area contributed by atoms with Crippen molar-refractivity contribution < 1.29 is 13.2 Å². The third-order valence-electron chi connectivity index (χ3n) is 3.91. The van der Waals surface area contributed by atoms with Gasteiger partial charge in [0.1, 0.15) is 15.7 Å². The second kappa shape index (κ2) is 7.55. The van der Waals surface area contributed by atoms with Crippen LogP contribution in [0.1, 0.15) is 16.3 Å². The predicted octanol–water partition coefficient (Wildman–Crippen LogP) is 2.99. The summed E-state index contributed by atoms with van der Waals surface area (Å²) in [5.41, 5.74) is 1.64. The van der Waals surface area contributed by atoms with Gasteiger partial charge < -0.3 is 5.32 Å². The number of amides is 1. The van der Waals surface area contributed by atoms with E-state index in [2.05, 4.69) is 15.3 Å². The van der Waals surface area contributed by atoms with Crippen molar-refractivity contribution in [2.75, 3.05) is 11.1 Å². The molecule has 0 bridgehead atoms. The van der Waals surface area contributed by atoms with Gasteiger partial charge in [-0.15, -0.1) is 11.3 Å². The number of nitrogens with two attached hydrogens (primary N) is 1. The lowest BCUT2D eigenvalue weighted by molar-refractivity contribution is -0.113. The summed E-state index contributed by atoms with van der Waals surface area (Å²) in [6, 6.07) is 5.71. The number of hydrogen-bond donors (Lipinski definition) is 2. The van der Waals surface area contributed by atoms with E-state index in [9.17, 15) is 13.2 Å². The Morgan fingerprint density at radius 2 is 1.85 bits per heavy atom. The van der Waals surface area contributed by atoms with Crippen molar-refractivity contribution in [1.82, 2.24) is 9.97 Å². The summed E-state index contributed by atoms with van der Waals surface area (Å²) in [4.78, 5) is 23.3. The van der Waals surface area contributed by atoms with Crippen LogP contribution in [0.5, 0.6) is 0 Å². The van der Waals surface area contributed by atoms with Gasteiger partial charge in [0.05, 0.1) is 10.6 Å². The van der Waals surface area contributed by atoms with E-state index in [4.69, 9.17) is 5.14 Å². The number of carbonyl (C=O) groups excluding carboxylic acids is 1. The second-order valence-corrected chi connectivity index (χ2v) is 9.67. The van der Waals surface area contributed by atoms with Crippen molar-refractivity contribution in [1.29, 1.82) is 0 Å². The van der Waals surface area contributed by atoms with Crippen LogP contribution in [0.25, 0.3) is 10.2 Å². The summed E-state index contributed by atoms with van der Waals surface area (Å²) >= 11 is 2.98. The fourth-order valence-electron chi connectivity index (χ4n) is 2.48. The molecule has 0 unspecified atom stereocenters. The number of thioether (sulfide) groups is 1. The highest BCUT2D eigenvalue weighted by Crippen LogP contribution is 2.35. The molecule has 0 saturated heterocycles. The number of nitrogens with zero attached hydrogens (tertiary/aromatic N) is 2. The molecule has 3 aromatic rings. The highest BCUT2D eigenvalue weighted by Gasteiger charge is 2.15. The van der Waals surface area contributed by atoms with Crippen LogP contribution < -0.4 is 10.5 Å². The van der Waals surface area contributed by atoms with Crippen molar-refractivity contribution >= 4 is 54.9 Å². The highest BCUT2D eigenvalue weighted by molar-refractivity contribution is 8.00. The fraction of sp³-hybridized carbons (Fsp3) is 0.235. The first-order valence-corrected chi connectivity index (χ1v) is 11.3. The van der Waals surface area contributed by atoms with Crippen molar-refractivity contribution in [2.24, 2.45) is 5.14 Å². The number of aromatic nitrogens is 2. The zero-order valence-corrected chi connectivity index (χ0v) is 17.4. The molecule has 3 N–H and O–H groups in total. The van der Waals surface area contributed by atoms with Gasteiger partial charge in [0.2, 0.25) is 15.9 Å². The summed E-state index contributed by atoms with van der Waals surface area (Å²) in [7, 11) is -3.75. The lowest BCUT2D eigenvalue weighted by Crippen LogP contribution is -2.15. The Bertz CT molecular complexity index is 1120. The van der Waals surface area contributed by atoms with Gasteiger partial charge in [0.25, 0.3) is 0 Å². The Balaban J connectivity index is 1.72. The van der Waals surface area contributed by atoms with E-state index < -0.39 is 10.0 Å². The number of thiophene rings is 1. The van der Waals surface area contributed by atoms with Crippen LogP contribution in [0.3, 0.4) is 0 Å². The number of hydrogen-bond acceptors (Lipinski definition) is 7. The van der Waals surface area contributed by atoms with Crippen LogP contribution in [-0.4, -0.2) is 30.0 Å². The summed E-state index contributed by atoms with van der Waals surface area (Å²) in [6.45, 7) is 5.91. The van der Waals surface area contributed by atoms with Crippen molar-refractivity contribution in [3.8, 4) is 0 Å². The highest BCUT2D eigenvalue weighted by atomic mass is 32.2. The van der Waals surface area contributed by atoms with E-state index in [1.54, 1.807) is 11.3 Å². The monoisotopic (exact) mass is 422 g/mol. The third-order valence-corrected chi connectivity index (χ3v) is 6.92. The molecular formula is C17H18N4O3S3. The first-order chi connectivity index (χ1) is 12.6. The standard InChI is InChI=1S/C17H18N4O3S3/c1-9-10(2)26-17-15(9)16(19-11(3)20-17)25-8-14(22)21-12-4-6-13(7-5-12)27(18,23)24/h4-7H,8H2,1-3H3,(H,21,22)(H2,18,23,24). The number of primary sulfonamides is 1. The van der Waals surface area contributed by atoms with Crippen molar-refractivity contribution in [2.45, 2.75) is 30.7 Å². The van der Waals surface area contributed by atoms with Gasteiger partial charge in [0.15, 0.2) is 0 Å². The lowest BCUT2D eigenvalue weighted by atomic mass is 10.2.